The van der Waals surface area contributed by atoms with E-state index in [2.05, 4.69) is 4.31 Å². The molecule has 0 rings (SSSR count). The summed E-state index contributed by atoms with van der Waals surface area (Å²) in [5.74, 6) is 0. The number of halogens is 1. The molecule has 0 aliphatic rings. The highest BCUT2D eigenvalue weighted by Gasteiger charge is 2.58. The van der Waals surface area contributed by atoms with Crippen LogP contribution in [0.1, 0.15) is 0 Å². The smallest absolute Gasteiger partial charge is 0.393 e. The number of alkyl halides is 1. The summed E-state index contributed by atoms with van der Waals surface area (Å²) in [6, 6.07) is 0. The van der Waals surface area contributed by atoms with Gasteiger partial charge in [-0.2, -0.15) is 0 Å². The average Bonchev–Trinajstić information content (AvgIpc) is 2.31. The lowest BCUT2D eigenvalue weighted by molar-refractivity contribution is -0.138. The van der Waals surface area contributed by atoms with E-state index in [9.17, 15) is 33.4 Å². The Morgan fingerprint density at radius 2 is 1.70 bits per heavy atom. The molecule has 0 fully saturated rings. The van der Waals surface area contributed by atoms with Gasteiger partial charge in [0.2, 0.25) is 5.34 Å². The van der Waals surface area contributed by atoms with Crippen molar-refractivity contribution in [2.45, 2.75) is 23.7 Å². The minimum atomic E-state index is -5.85. The molecule has 0 bridgehead atoms. The highest BCUT2D eigenvalue weighted by Crippen LogP contribution is 2.64. The van der Waals surface area contributed by atoms with Gasteiger partial charge in [0.15, 0.2) is 12.5 Å². The van der Waals surface area contributed by atoms with Crippen molar-refractivity contribution >= 4 is 21.7 Å². The maximum atomic E-state index is 12.8. The van der Waals surface area contributed by atoms with Gasteiger partial charge in [-0.25, -0.2) is 13.3 Å². The number of hydrogen-bond acceptors (Lipinski definition) is 8. The van der Waals surface area contributed by atoms with Crippen LogP contribution >= 0.6 is 15.4 Å². The Balaban J connectivity index is 5.53. The molecule has 20 heavy (non-hydrogen) atoms. The van der Waals surface area contributed by atoms with Crippen LogP contribution in [0, 0.1) is 0 Å². The summed E-state index contributed by atoms with van der Waals surface area (Å²) in [4.78, 5) is 36.0. The zero-order valence-electron chi connectivity index (χ0n) is 9.55. The second-order valence-electron chi connectivity index (χ2n) is 3.65. The molecule has 0 aromatic heterocycles. The van der Waals surface area contributed by atoms with Gasteiger partial charge in [-0.3, -0.25) is 4.57 Å². The van der Waals surface area contributed by atoms with Crippen molar-refractivity contribution in [3.8, 4) is 0 Å². The van der Waals surface area contributed by atoms with Crippen molar-refractivity contribution in [1.82, 2.24) is 0 Å². The molecular weight excluding hydrogens is 329 g/mol. The van der Waals surface area contributed by atoms with Gasteiger partial charge in [-0.15, -0.1) is 0 Å². The van der Waals surface area contributed by atoms with Gasteiger partial charge in [0, 0.05) is 0 Å². The van der Waals surface area contributed by atoms with E-state index in [0.29, 0.717) is 0 Å². The van der Waals surface area contributed by atoms with Crippen LogP contribution in [0.25, 0.3) is 0 Å². The average molecular weight is 342 g/mol. The van der Waals surface area contributed by atoms with Crippen LogP contribution in [0.2, 0.25) is 0 Å². The van der Waals surface area contributed by atoms with Gasteiger partial charge < -0.3 is 39.9 Å². The molecule has 0 aliphatic carbocycles. The van der Waals surface area contributed by atoms with Gasteiger partial charge >= 0.3 is 15.4 Å². The van der Waals surface area contributed by atoms with Gasteiger partial charge in [-0.05, 0) is 0 Å². The largest absolute Gasteiger partial charge is 0.476 e. The fourth-order valence-corrected chi connectivity index (χ4v) is 3.48. The van der Waals surface area contributed by atoms with Crippen molar-refractivity contribution in [2.75, 3.05) is 6.61 Å². The molecule has 0 amide bonds. The normalized spacial score (nSPS) is 23.2. The quantitative estimate of drug-likeness (QED) is 0.178. The summed E-state index contributed by atoms with van der Waals surface area (Å²) in [5.41, 5.74) is 0. The fraction of sp³-hybridized carbons (Fsp3) is 0.833. The maximum absolute atomic E-state index is 12.8. The first-order chi connectivity index (χ1) is 8.82. The maximum Gasteiger partial charge on any atom is 0.476 e. The second-order valence-corrected chi connectivity index (χ2v) is 7.09. The summed E-state index contributed by atoms with van der Waals surface area (Å²) in [5, 5.41) is 33.1. The number of hydrogen-bond donors (Lipinski definition) is 7. The first kappa shape index (κ1) is 19.7. The molecule has 11 nitrogen and oxygen atoms in total. The fourth-order valence-electron chi connectivity index (χ4n) is 1.09. The molecule has 0 spiro atoms. The number of aliphatic hydroxyl groups excluding tert-OH is 3. The van der Waals surface area contributed by atoms with E-state index >= 15 is 0 Å². The van der Waals surface area contributed by atoms with E-state index < -0.39 is 52.0 Å². The van der Waals surface area contributed by atoms with Crippen LogP contribution in [0.4, 0.5) is 4.39 Å². The highest BCUT2D eigenvalue weighted by molar-refractivity contribution is 7.64. The molecule has 1 unspecified atom stereocenters. The molecule has 0 aromatic rings. The Hall–Kier alpha value is -0.260. The van der Waals surface area contributed by atoms with Gasteiger partial charge in [-0.1, -0.05) is 0 Å². The van der Waals surface area contributed by atoms with E-state index in [4.69, 9.17) is 20.0 Å². The first-order valence-electron chi connectivity index (χ1n) is 4.71. The third kappa shape index (κ3) is 4.37. The van der Waals surface area contributed by atoms with E-state index in [-0.39, 0.29) is 0 Å². The zero-order chi connectivity index (χ0) is 16.4. The monoisotopic (exact) mass is 342 g/mol. The molecule has 0 aromatic carbocycles. The third-order valence-corrected chi connectivity index (χ3v) is 5.31. The Kier molecular flexibility index (Phi) is 6.58. The minimum Gasteiger partial charge on any atom is -0.393 e. The van der Waals surface area contributed by atoms with Crippen molar-refractivity contribution in [3.05, 3.63) is 0 Å². The van der Waals surface area contributed by atoms with Crippen LogP contribution in [0.5, 0.6) is 0 Å². The Labute approximate surface area is 111 Å². The summed E-state index contributed by atoms with van der Waals surface area (Å²) in [6.07, 6.45) is -9.05. The first-order valence-corrected chi connectivity index (χ1v) is 7.81. The number of rotatable bonds is 8. The molecule has 0 heterocycles. The second kappa shape index (κ2) is 6.67. The Bertz CT molecular complexity index is 437. The van der Waals surface area contributed by atoms with Crippen molar-refractivity contribution in [2.24, 2.45) is 0 Å². The lowest BCUT2D eigenvalue weighted by Gasteiger charge is -2.35. The number of carbonyl (C=O) groups is 1. The van der Waals surface area contributed by atoms with Gasteiger partial charge in [0.25, 0.3) is 0 Å². The van der Waals surface area contributed by atoms with Gasteiger partial charge in [0.05, 0.1) is 6.61 Å². The molecule has 14 heteroatoms. The number of aldehydes is 1. The molecule has 0 aliphatic heterocycles. The predicted octanol–water partition coefficient (Wildman–Crippen LogP) is -2.78. The van der Waals surface area contributed by atoms with Crippen LogP contribution in [-0.2, 0) is 18.2 Å². The number of carbonyl (C=O) groups excluding carboxylic acids is 1. The summed E-state index contributed by atoms with van der Waals surface area (Å²) < 4.78 is 38.1. The lowest BCUT2D eigenvalue weighted by atomic mass is 10.0. The molecule has 0 saturated carbocycles. The van der Waals surface area contributed by atoms with Gasteiger partial charge in [0.1, 0.15) is 12.2 Å². The van der Waals surface area contributed by atoms with Crippen LogP contribution < -0.4 is 0 Å². The molecule has 0 radical (unpaired) electrons. The molecule has 5 atom stereocenters. The summed E-state index contributed by atoms with van der Waals surface area (Å²) in [7, 11) is -11.5. The van der Waals surface area contributed by atoms with Crippen molar-refractivity contribution < 1.29 is 57.7 Å². The predicted molar refractivity (Wildman–Crippen MR) is 58.0 cm³/mol. The standard InChI is InChI=1S/C6H13FO11P2/c7-3(1-8)4(10)5(11)6(12,2-9)19(13,14)18-20(15,16)17/h1,3-5,9-12H,2H2,(H,13,14)(H2,15,16,17)/t3-,4+,5+,6-/m0/s1. The van der Waals surface area contributed by atoms with Crippen molar-refractivity contribution in [1.29, 1.82) is 0 Å². The molecule has 120 valence electrons. The third-order valence-electron chi connectivity index (χ3n) is 2.19. The summed E-state index contributed by atoms with van der Waals surface area (Å²) in [6.45, 7) is -1.84. The minimum absolute atomic E-state index is 0.516. The van der Waals surface area contributed by atoms with Crippen molar-refractivity contribution in [3.63, 3.8) is 0 Å². The van der Waals surface area contributed by atoms with Crippen LogP contribution in [-0.4, -0.2) is 71.7 Å². The molecule has 0 saturated heterocycles. The van der Waals surface area contributed by atoms with E-state index in [0.717, 1.165) is 0 Å². The topological polar surface area (TPSA) is 202 Å². The Morgan fingerprint density at radius 1 is 1.25 bits per heavy atom. The Morgan fingerprint density at radius 3 is 2.00 bits per heavy atom. The van der Waals surface area contributed by atoms with Crippen LogP contribution in [0.3, 0.4) is 0 Å². The summed E-state index contributed by atoms with van der Waals surface area (Å²) >= 11 is 0. The molecule has 7 N–H and O–H groups in total. The highest BCUT2D eigenvalue weighted by atomic mass is 31.3. The van der Waals surface area contributed by atoms with Crippen LogP contribution in [0.15, 0.2) is 0 Å². The molecular formula is C6H13FO11P2. The SMILES string of the molecule is O=C[C@H](F)[C@@H](O)[C@@H](O)[C@](O)(CO)P(=O)(O)OP(=O)(O)O. The lowest BCUT2D eigenvalue weighted by Crippen LogP contribution is -2.54. The number of aliphatic hydroxyl groups is 4. The number of phosphoric acid groups is 1. The zero-order valence-corrected chi connectivity index (χ0v) is 11.3. The van der Waals surface area contributed by atoms with E-state index in [1.54, 1.807) is 0 Å². The van der Waals surface area contributed by atoms with E-state index in [1.165, 1.54) is 0 Å². The van der Waals surface area contributed by atoms with E-state index in [1.807, 2.05) is 0 Å².